The number of nitrogens with zero attached hydrogens (tertiary/aromatic N) is 3. The van der Waals surface area contributed by atoms with Crippen LogP contribution < -0.4 is 5.56 Å². The molecule has 0 aromatic carbocycles. The number of aromatic amines is 1. The first-order chi connectivity index (χ1) is 11.5. The molecule has 124 valence electrons. The van der Waals surface area contributed by atoms with Crippen LogP contribution in [0, 0.1) is 6.92 Å². The summed E-state index contributed by atoms with van der Waals surface area (Å²) in [7, 11) is 1.74. The molecule has 0 atom stereocenters. The van der Waals surface area contributed by atoms with Crippen LogP contribution in [0.25, 0.3) is 10.2 Å². The summed E-state index contributed by atoms with van der Waals surface area (Å²) in [5.41, 5.74) is 3.18. The molecule has 4 heterocycles. The van der Waals surface area contributed by atoms with Crippen LogP contribution in [0.3, 0.4) is 0 Å². The third-order valence-corrected chi connectivity index (χ3v) is 5.56. The van der Waals surface area contributed by atoms with Crippen LogP contribution in [0.4, 0.5) is 0 Å². The van der Waals surface area contributed by atoms with E-state index in [0.717, 1.165) is 21.5 Å². The summed E-state index contributed by atoms with van der Waals surface area (Å²) >= 11 is 1.62. The molecule has 0 saturated carbocycles. The molecule has 0 spiro atoms. The Kier molecular flexibility index (Phi) is 3.53. The maximum absolute atomic E-state index is 12.8. The van der Waals surface area contributed by atoms with Gasteiger partial charge in [0.25, 0.3) is 11.5 Å². The van der Waals surface area contributed by atoms with Crippen LogP contribution in [0.2, 0.25) is 0 Å². The highest BCUT2D eigenvalue weighted by Gasteiger charge is 2.24. The molecule has 3 aromatic rings. The van der Waals surface area contributed by atoms with Crippen LogP contribution in [-0.4, -0.2) is 38.4 Å². The molecule has 3 aromatic heterocycles. The average molecular weight is 342 g/mol. The molecular formula is C17H18N4O2S. The molecule has 4 rings (SSSR count). The molecule has 0 radical (unpaired) electrons. The number of H-pyrrole nitrogens is 1. The highest BCUT2D eigenvalue weighted by Crippen LogP contribution is 2.22. The summed E-state index contributed by atoms with van der Waals surface area (Å²) in [6, 6.07) is 3.88. The van der Waals surface area contributed by atoms with Crippen LogP contribution >= 0.6 is 11.3 Å². The summed E-state index contributed by atoms with van der Waals surface area (Å²) < 4.78 is 2.66. The number of nitrogens with one attached hydrogen (secondary N) is 1. The van der Waals surface area contributed by atoms with Crippen molar-refractivity contribution < 1.29 is 4.79 Å². The Morgan fingerprint density at radius 2 is 2.12 bits per heavy atom. The Balaban J connectivity index is 1.61. The molecule has 0 unspecified atom stereocenters. The fourth-order valence-corrected chi connectivity index (χ4v) is 3.99. The first kappa shape index (κ1) is 15.1. The third kappa shape index (κ3) is 2.36. The van der Waals surface area contributed by atoms with Gasteiger partial charge in [0.15, 0.2) is 0 Å². The Hall–Kier alpha value is -2.41. The molecule has 1 N–H and O–H groups in total. The van der Waals surface area contributed by atoms with Gasteiger partial charge in [-0.05, 0) is 30.9 Å². The molecule has 7 heteroatoms. The van der Waals surface area contributed by atoms with Gasteiger partial charge in [-0.2, -0.15) is 0 Å². The molecule has 1 aliphatic heterocycles. The molecule has 0 fully saturated rings. The number of carbonyl (C=O) groups is 1. The Labute approximate surface area is 142 Å². The summed E-state index contributed by atoms with van der Waals surface area (Å²) in [5.74, 6) is 0.697. The predicted octanol–water partition coefficient (Wildman–Crippen LogP) is 1.87. The van der Waals surface area contributed by atoms with Crippen molar-refractivity contribution in [1.82, 2.24) is 19.4 Å². The van der Waals surface area contributed by atoms with Gasteiger partial charge < -0.3 is 9.88 Å². The molecule has 1 aliphatic rings. The number of hydrogen-bond acceptors (Lipinski definition) is 4. The average Bonchev–Trinajstić information content (AvgIpc) is 3.09. The molecule has 0 aliphatic carbocycles. The number of fused-ring (bicyclic) bond motifs is 2. The van der Waals surface area contributed by atoms with Crippen LogP contribution in [-0.2, 0) is 19.9 Å². The largest absolute Gasteiger partial charge is 0.350 e. The maximum atomic E-state index is 12.8. The lowest BCUT2D eigenvalue weighted by Gasteiger charge is -2.19. The lowest BCUT2D eigenvalue weighted by Crippen LogP contribution is -2.33. The van der Waals surface area contributed by atoms with Gasteiger partial charge in [0.2, 0.25) is 0 Å². The Bertz CT molecular complexity index is 969. The van der Waals surface area contributed by atoms with E-state index in [1.165, 1.54) is 0 Å². The van der Waals surface area contributed by atoms with Crippen molar-refractivity contribution in [2.45, 2.75) is 19.8 Å². The van der Waals surface area contributed by atoms with Gasteiger partial charge in [-0.1, -0.05) is 0 Å². The fourth-order valence-electron chi connectivity index (χ4n) is 3.20. The number of rotatable bonds is 1. The molecule has 1 amide bonds. The SMILES string of the molecule is Cc1nc2c(c(=O)n1C)CCN(C(=O)c1cc3sccc3[nH]1)CC2. The number of hydrogen-bond donors (Lipinski definition) is 1. The van der Waals surface area contributed by atoms with Crippen molar-refractivity contribution in [3.63, 3.8) is 0 Å². The zero-order valence-electron chi connectivity index (χ0n) is 13.6. The van der Waals surface area contributed by atoms with E-state index in [1.54, 1.807) is 23.0 Å². The van der Waals surface area contributed by atoms with Crippen LogP contribution in [0.1, 0.15) is 27.6 Å². The van der Waals surface area contributed by atoms with E-state index in [4.69, 9.17) is 0 Å². The number of thiophene rings is 1. The smallest absolute Gasteiger partial charge is 0.270 e. The fraction of sp³-hybridized carbons (Fsp3) is 0.353. The minimum absolute atomic E-state index is 0.00665. The minimum Gasteiger partial charge on any atom is -0.350 e. The summed E-state index contributed by atoms with van der Waals surface area (Å²) in [6.45, 7) is 2.96. The first-order valence-electron chi connectivity index (χ1n) is 7.95. The highest BCUT2D eigenvalue weighted by atomic mass is 32.1. The summed E-state index contributed by atoms with van der Waals surface area (Å²) in [4.78, 5) is 34.8. The lowest BCUT2D eigenvalue weighted by molar-refractivity contribution is 0.0758. The van der Waals surface area contributed by atoms with E-state index in [-0.39, 0.29) is 11.5 Å². The Morgan fingerprint density at radius 3 is 2.92 bits per heavy atom. The third-order valence-electron chi connectivity index (χ3n) is 4.70. The van der Waals surface area contributed by atoms with Crippen LogP contribution in [0.15, 0.2) is 22.3 Å². The van der Waals surface area contributed by atoms with Crippen molar-refractivity contribution in [2.24, 2.45) is 7.05 Å². The quantitative estimate of drug-likeness (QED) is 0.734. The zero-order valence-corrected chi connectivity index (χ0v) is 14.4. The van der Waals surface area contributed by atoms with Crippen molar-refractivity contribution in [2.75, 3.05) is 13.1 Å². The molecular weight excluding hydrogens is 324 g/mol. The molecule has 0 saturated heterocycles. The second-order valence-corrected chi connectivity index (χ2v) is 7.07. The van der Waals surface area contributed by atoms with Crippen molar-refractivity contribution in [3.05, 3.63) is 50.6 Å². The number of carbonyl (C=O) groups excluding carboxylic acids is 1. The standard InChI is InChI=1S/C17H18N4O2S/c1-10-18-12-4-7-21(6-3-11(12)16(22)20(10)2)17(23)14-9-15-13(19-14)5-8-24-15/h5,8-9,19H,3-4,6-7H2,1-2H3. The van der Waals surface area contributed by atoms with Crippen LogP contribution in [0.5, 0.6) is 0 Å². The normalized spacial score (nSPS) is 14.7. The van der Waals surface area contributed by atoms with Gasteiger partial charge >= 0.3 is 0 Å². The number of amides is 1. The molecule has 24 heavy (non-hydrogen) atoms. The Morgan fingerprint density at radius 1 is 1.33 bits per heavy atom. The van der Waals surface area contributed by atoms with Gasteiger partial charge in [-0.15, -0.1) is 11.3 Å². The predicted molar refractivity (Wildman–Crippen MR) is 93.7 cm³/mol. The topological polar surface area (TPSA) is 71.0 Å². The lowest BCUT2D eigenvalue weighted by atomic mass is 10.1. The number of aryl methyl sites for hydroxylation is 1. The van der Waals surface area contributed by atoms with E-state index in [9.17, 15) is 9.59 Å². The van der Waals surface area contributed by atoms with Crippen molar-refractivity contribution in [3.8, 4) is 0 Å². The molecule has 0 bridgehead atoms. The maximum Gasteiger partial charge on any atom is 0.270 e. The minimum atomic E-state index is -0.0141. The van der Waals surface area contributed by atoms with Gasteiger partial charge in [0, 0.05) is 32.1 Å². The molecule has 6 nitrogen and oxygen atoms in total. The van der Waals surface area contributed by atoms with Crippen molar-refractivity contribution >= 4 is 27.5 Å². The number of aromatic nitrogens is 3. The second kappa shape index (κ2) is 5.59. The zero-order chi connectivity index (χ0) is 16.8. The van der Waals surface area contributed by atoms with Gasteiger partial charge in [0.05, 0.1) is 15.9 Å². The van der Waals surface area contributed by atoms with Gasteiger partial charge in [-0.3, -0.25) is 14.2 Å². The summed E-state index contributed by atoms with van der Waals surface area (Å²) in [5, 5.41) is 2.00. The summed E-state index contributed by atoms with van der Waals surface area (Å²) in [6.07, 6.45) is 1.17. The highest BCUT2D eigenvalue weighted by molar-refractivity contribution is 7.17. The van der Waals surface area contributed by atoms with E-state index in [2.05, 4.69) is 9.97 Å². The van der Waals surface area contributed by atoms with E-state index < -0.39 is 0 Å². The first-order valence-corrected chi connectivity index (χ1v) is 8.83. The monoisotopic (exact) mass is 342 g/mol. The van der Waals surface area contributed by atoms with Crippen molar-refractivity contribution in [1.29, 1.82) is 0 Å². The van der Waals surface area contributed by atoms with E-state index in [1.807, 2.05) is 29.3 Å². The van der Waals surface area contributed by atoms with Gasteiger partial charge in [0.1, 0.15) is 11.5 Å². The van der Waals surface area contributed by atoms with E-state index in [0.29, 0.717) is 37.4 Å². The van der Waals surface area contributed by atoms with Gasteiger partial charge in [-0.25, -0.2) is 4.98 Å². The second-order valence-electron chi connectivity index (χ2n) is 6.12. The van der Waals surface area contributed by atoms with E-state index >= 15 is 0 Å².